The number of carbonyl (C=O) groups is 1. The summed E-state index contributed by atoms with van der Waals surface area (Å²) in [4.78, 5) is 10.5. The average Bonchev–Trinajstić information content (AvgIpc) is 2.01. The van der Waals surface area contributed by atoms with Crippen LogP contribution in [0.25, 0.3) is 0 Å². The molecular weight excluding hydrogens is 196 g/mol. The van der Waals surface area contributed by atoms with Gasteiger partial charge in [0.25, 0.3) is 10.2 Å². The first-order chi connectivity index (χ1) is 5.71. The van der Waals surface area contributed by atoms with Gasteiger partial charge in [0.2, 0.25) is 0 Å². The molecule has 0 aliphatic heterocycles. The Morgan fingerprint density at radius 2 is 1.69 bits per heavy atom. The lowest BCUT2D eigenvalue weighted by atomic mass is 10.4. The van der Waals surface area contributed by atoms with Gasteiger partial charge in [-0.2, -0.15) is 17.0 Å². The van der Waals surface area contributed by atoms with Crippen LogP contribution in [-0.4, -0.2) is 55.3 Å². The molecule has 0 aromatic carbocycles. The molecule has 0 fully saturated rings. The summed E-state index contributed by atoms with van der Waals surface area (Å²) in [5.74, 6) is -1.17. The largest absolute Gasteiger partial charge is 0.480 e. The highest BCUT2D eigenvalue weighted by atomic mass is 32.2. The van der Waals surface area contributed by atoms with Gasteiger partial charge in [-0.1, -0.05) is 0 Å². The zero-order chi connectivity index (χ0) is 10.8. The number of nitrogens with zero attached hydrogens (tertiary/aromatic N) is 2. The van der Waals surface area contributed by atoms with Gasteiger partial charge in [-0.25, -0.2) is 0 Å². The van der Waals surface area contributed by atoms with Gasteiger partial charge in [-0.3, -0.25) is 4.79 Å². The van der Waals surface area contributed by atoms with Gasteiger partial charge in [0.1, 0.15) is 6.04 Å². The number of hydrogen-bond donors (Lipinski definition) is 1. The number of carboxylic acids is 1. The Morgan fingerprint density at radius 1 is 1.31 bits per heavy atom. The van der Waals surface area contributed by atoms with E-state index in [4.69, 9.17) is 5.11 Å². The van der Waals surface area contributed by atoms with Crippen molar-refractivity contribution in [2.75, 3.05) is 21.1 Å². The Morgan fingerprint density at radius 3 is 1.92 bits per heavy atom. The number of likely N-dealkylation sites (N-methyl/N-ethyl adjacent to an activating group) is 1. The topological polar surface area (TPSA) is 77.9 Å². The molecule has 0 heterocycles. The monoisotopic (exact) mass is 210 g/mol. The third kappa shape index (κ3) is 2.64. The molecule has 0 saturated heterocycles. The van der Waals surface area contributed by atoms with Crippen molar-refractivity contribution in [2.45, 2.75) is 13.0 Å². The van der Waals surface area contributed by atoms with Crippen molar-refractivity contribution in [1.29, 1.82) is 0 Å². The average molecular weight is 210 g/mol. The number of hydrogen-bond acceptors (Lipinski definition) is 3. The van der Waals surface area contributed by atoms with Crippen molar-refractivity contribution < 1.29 is 18.3 Å². The van der Waals surface area contributed by atoms with Crippen molar-refractivity contribution in [3.05, 3.63) is 0 Å². The SMILES string of the molecule is C[C@@H](C(=O)O)N(C)S(=O)(=O)N(C)C. The van der Waals surface area contributed by atoms with E-state index in [0.29, 0.717) is 0 Å². The van der Waals surface area contributed by atoms with Gasteiger partial charge in [0.05, 0.1) is 0 Å². The Hall–Kier alpha value is -0.660. The Bertz CT molecular complexity index is 285. The Labute approximate surface area is 77.9 Å². The maximum Gasteiger partial charge on any atom is 0.321 e. The minimum absolute atomic E-state index is 0.801. The van der Waals surface area contributed by atoms with Crippen LogP contribution in [0.4, 0.5) is 0 Å². The highest BCUT2D eigenvalue weighted by Gasteiger charge is 2.29. The van der Waals surface area contributed by atoms with Gasteiger partial charge in [-0.05, 0) is 6.92 Å². The normalized spacial score (nSPS) is 14.9. The van der Waals surface area contributed by atoms with E-state index in [1.165, 1.54) is 28.1 Å². The molecule has 0 saturated carbocycles. The quantitative estimate of drug-likeness (QED) is 0.658. The molecule has 0 aromatic rings. The molecule has 0 amide bonds. The van der Waals surface area contributed by atoms with E-state index < -0.39 is 22.2 Å². The molecule has 0 aliphatic carbocycles. The molecule has 1 atom stereocenters. The van der Waals surface area contributed by atoms with E-state index >= 15 is 0 Å². The Kier molecular flexibility index (Phi) is 3.83. The summed E-state index contributed by atoms with van der Waals surface area (Å²) in [7, 11) is 0.290. The Balaban J connectivity index is 4.80. The van der Waals surface area contributed by atoms with Crippen LogP contribution in [-0.2, 0) is 15.0 Å². The first-order valence-corrected chi connectivity index (χ1v) is 4.99. The first-order valence-electron chi connectivity index (χ1n) is 3.59. The molecule has 1 N–H and O–H groups in total. The number of carboxylic acid groups (broad SMARTS) is 1. The highest BCUT2D eigenvalue weighted by Crippen LogP contribution is 2.06. The minimum Gasteiger partial charge on any atom is -0.480 e. The van der Waals surface area contributed by atoms with Crippen LogP contribution in [0.3, 0.4) is 0 Å². The van der Waals surface area contributed by atoms with Gasteiger partial charge in [0.15, 0.2) is 0 Å². The van der Waals surface area contributed by atoms with Crippen LogP contribution >= 0.6 is 0 Å². The lowest BCUT2D eigenvalue weighted by molar-refractivity contribution is -0.140. The van der Waals surface area contributed by atoms with E-state index in [2.05, 4.69) is 0 Å². The summed E-state index contributed by atoms with van der Waals surface area (Å²) < 4.78 is 24.5. The lowest BCUT2D eigenvalue weighted by Gasteiger charge is -2.24. The van der Waals surface area contributed by atoms with Gasteiger partial charge < -0.3 is 5.11 Å². The summed E-state index contributed by atoms with van der Waals surface area (Å²) >= 11 is 0. The maximum absolute atomic E-state index is 11.4. The van der Waals surface area contributed by atoms with Crippen LogP contribution in [0.5, 0.6) is 0 Å². The van der Waals surface area contributed by atoms with Crippen molar-refractivity contribution in [2.24, 2.45) is 0 Å². The second kappa shape index (κ2) is 4.03. The molecule has 7 heteroatoms. The predicted molar refractivity (Wildman–Crippen MR) is 47.5 cm³/mol. The number of rotatable bonds is 4. The van der Waals surface area contributed by atoms with E-state index in [1.807, 2.05) is 0 Å². The van der Waals surface area contributed by atoms with Crippen LogP contribution in [0, 0.1) is 0 Å². The molecular formula is C6H14N2O4S. The fraction of sp³-hybridized carbons (Fsp3) is 0.833. The van der Waals surface area contributed by atoms with E-state index in [0.717, 1.165) is 8.61 Å². The van der Waals surface area contributed by atoms with Crippen molar-refractivity contribution >= 4 is 16.2 Å². The van der Waals surface area contributed by atoms with Crippen molar-refractivity contribution in [1.82, 2.24) is 8.61 Å². The number of aliphatic carboxylic acids is 1. The highest BCUT2D eigenvalue weighted by molar-refractivity contribution is 7.86. The van der Waals surface area contributed by atoms with Crippen molar-refractivity contribution in [3.63, 3.8) is 0 Å². The second-order valence-electron chi connectivity index (χ2n) is 2.82. The standard InChI is InChI=1S/C6H14N2O4S/c1-5(6(9)10)8(4)13(11,12)7(2)3/h5H,1-4H3,(H,9,10)/t5-/m0/s1. The van der Waals surface area contributed by atoms with E-state index in [-0.39, 0.29) is 0 Å². The van der Waals surface area contributed by atoms with Crippen LogP contribution in [0.2, 0.25) is 0 Å². The zero-order valence-corrected chi connectivity index (χ0v) is 8.87. The molecule has 0 bridgehead atoms. The van der Waals surface area contributed by atoms with Crippen LogP contribution in [0.15, 0.2) is 0 Å². The molecule has 0 aromatic heterocycles. The fourth-order valence-electron chi connectivity index (χ4n) is 0.613. The summed E-state index contributed by atoms with van der Waals surface area (Å²) in [5.41, 5.74) is 0. The van der Waals surface area contributed by atoms with Crippen LogP contribution < -0.4 is 0 Å². The minimum atomic E-state index is -3.64. The summed E-state index contributed by atoms with van der Waals surface area (Å²) in [6.45, 7) is 1.31. The summed E-state index contributed by atoms with van der Waals surface area (Å²) in [6.07, 6.45) is 0. The van der Waals surface area contributed by atoms with Crippen LogP contribution in [0.1, 0.15) is 6.92 Å². The molecule has 0 radical (unpaired) electrons. The fourth-order valence-corrected chi connectivity index (χ4v) is 1.62. The van der Waals surface area contributed by atoms with E-state index in [9.17, 15) is 13.2 Å². The van der Waals surface area contributed by atoms with Gasteiger partial charge in [-0.15, -0.1) is 0 Å². The molecule has 13 heavy (non-hydrogen) atoms. The van der Waals surface area contributed by atoms with E-state index in [1.54, 1.807) is 0 Å². The third-order valence-corrected chi connectivity index (χ3v) is 3.70. The third-order valence-electron chi connectivity index (χ3n) is 1.73. The summed E-state index contributed by atoms with van der Waals surface area (Å²) in [5, 5.41) is 8.57. The smallest absolute Gasteiger partial charge is 0.321 e. The molecule has 0 rings (SSSR count). The molecule has 0 aliphatic rings. The lowest BCUT2D eigenvalue weighted by Crippen LogP contribution is -2.45. The van der Waals surface area contributed by atoms with Gasteiger partial charge >= 0.3 is 5.97 Å². The van der Waals surface area contributed by atoms with Gasteiger partial charge in [0, 0.05) is 21.1 Å². The predicted octanol–water partition coefficient (Wildman–Crippen LogP) is -0.802. The summed E-state index contributed by atoms with van der Waals surface area (Å²) in [6, 6.07) is -1.06. The first kappa shape index (κ1) is 12.3. The molecule has 0 unspecified atom stereocenters. The molecule has 78 valence electrons. The maximum atomic E-state index is 11.4. The zero-order valence-electron chi connectivity index (χ0n) is 8.05. The van der Waals surface area contributed by atoms with Crippen molar-refractivity contribution in [3.8, 4) is 0 Å². The molecule has 6 nitrogen and oxygen atoms in total. The molecule has 0 spiro atoms. The second-order valence-corrected chi connectivity index (χ2v) is 5.02.